The molecule has 1 heterocycles. The second-order valence-electron chi connectivity index (χ2n) is 7.79. The number of fused-ring (bicyclic) bond motifs is 1. The van der Waals surface area contributed by atoms with Gasteiger partial charge in [0.05, 0.1) is 12.2 Å². The molecule has 0 N–H and O–H groups in total. The Bertz CT molecular complexity index is 1110. The number of carbonyl (C=O) groups excluding carboxylic acids is 1. The summed E-state index contributed by atoms with van der Waals surface area (Å²) < 4.78 is 17.2. The van der Waals surface area contributed by atoms with Crippen molar-refractivity contribution in [2.45, 2.75) is 33.3 Å². The van der Waals surface area contributed by atoms with Crippen LogP contribution in [0.4, 0.5) is 0 Å². The van der Waals surface area contributed by atoms with Gasteiger partial charge in [0.15, 0.2) is 5.76 Å². The molecule has 3 aromatic carbocycles. The first-order valence-corrected chi connectivity index (χ1v) is 10.6. The zero-order valence-electron chi connectivity index (χ0n) is 18.1. The van der Waals surface area contributed by atoms with E-state index in [2.05, 4.69) is 38.1 Å². The molecule has 0 fully saturated rings. The molecule has 0 unspecified atom stereocenters. The fourth-order valence-corrected chi connectivity index (χ4v) is 3.43. The van der Waals surface area contributed by atoms with Crippen molar-refractivity contribution in [3.05, 3.63) is 94.7 Å². The van der Waals surface area contributed by atoms with E-state index in [0.717, 1.165) is 16.9 Å². The van der Waals surface area contributed by atoms with Crippen molar-refractivity contribution in [1.29, 1.82) is 0 Å². The Morgan fingerprint density at radius 3 is 2.45 bits per heavy atom. The largest absolute Gasteiger partial charge is 0.494 e. The minimum Gasteiger partial charge on any atom is -0.494 e. The predicted octanol–water partition coefficient (Wildman–Crippen LogP) is 6.40. The normalized spacial score (nSPS) is 13.9. The molecule has 0 aliphatic carbocycles. The van der Waals surface area contributed by atoms with Gasteiger partial charge >= 0.3 is 0 Å². The van der Waals surface area contributed by atoms with Crippen LogP contribution in [-0.2, 0) is 6.61 Å². The monoisotopic (exact) mass is 414 g/mol. The lowest BCUT2D eigenvalue weighted by Crippen LogP contribution is -1.99. The van der Waals surface area contributed by atoms with Crippen molar-refractivity contribution < 1.29 is 19.0 Å². The lowest BCUT2D eigenvalue weighted by molar-refractivity contribution is 0.101. The summed E-state index contributed by atoms with van der Waals surface area (Å²) in [6, 6.07) is 21.4. The Morgan fingerprint density at radius 1 is 0.935 bits per heavy atom. The van der Waals surface area contributed by atoms with E-state index in [1.54, 1.807) is 24.3 Å². The smallest absolute Gasteiger partial charge is 0.231 e. The predicted molar refractivity (Wildman–Crippen MR) is 122 cm³/mol. The van der Waals surface area contributed by atoms with E-state index >= 15 is 0 Å². The van der Waals surface area contributed by atoms with E-state index in [9.17, 15) is 4.79 Å². The number of benzene rings is 3. The molecule has 0 amide bonds. The third kappa shape index (κ3) is 4.80. The highest BCUT2D eigenvalue weighted by Crippen LogP contribution is 2.35. The van der Waals surface area contributed by atoms with Gasteiger partial charge in [0.25, 0.3) is 0 Å². The molecule has 0 bridgehead atoms. The second kappa shape index (κ2) is 9.09. The molecule has 4 heteroatoms. The van der Waals surface area contributed by atoms with E-state index in [-0.39, 0.29) is 5.78 Å². The zero-order valence-corrected chi connectivity index (χ0v) is 18.1. The molecule has 4 nitrogen and oxygen atoms in total. The molecule has 1 aliphatic heterocycles. The third-order valence-electron chi connectivity index (χ3n) is 5.16. The molecule has 4 rings (SSSR count). The summed E-state index contributed by atoms with van der Waals surface area (Å²) in [5, 5.41) is 0. The highest BCUT2D eigenvalue weighted by molar-refractivity contribution is 6.14. The molecule has 0 saturated carbocycles. The summed E-state index contributed by atoms with van der Waals surface area (Å²) in [6.45, 7) is 7.32. The van der Waals surface area contributed by atoms with Gasteiger partial charge in [0, 0.05) is 6.07 Å². The lowest BCUT2D eigenvalue weighted by atomic mass is 10.0. The number of hydrogen-bond donors (Lipinski definition) is 0. The molecule has 0 atom stereocenters. The van der Waals surface area contributed by atoms with Crippen LogP contribution < -0.4 is 14.2 Å². The highest BCUT2D eigenvalue weighted by Gasteiger charge is 2.27. The van der Waals surface area contributed by atoms with E-state index in [1.165, 1.54) is 5.56 Å². The second-order valence-corrected chi connectivity index (χ2v) is 7.79. The van der Waals surface area contributed by atoms with Crippen LogP contribution in [-0.4, -0.2) is 12.4 Å². The molecule has 158 valence electrons. The molecule has 1 aliphatic rings. The molecular weight excluding hydrogens is 388 g/mol. The van der Waals surface area contributed by atoms with Crippen LogP contribution >= 0.6 is 0 Å². The topological polar surface area (TPSA) is 44.8 Å². The SMILES string of the molecule is CCOc1ccc2c(c1)OC(=Cc1cccc(OCc3ccc(C(C)C)cc3)c1)C2=O. The fourth-order valence-electron chi connectivity index (χ4n) is 3.43. The third-order valence-corrected chi connectivity index (χ3v) is 5.16. The Labute approximate surface area is 183 Å². The molecule has 3 aromatic rings. The number of ketones is 1. The summed E-state index contributed by atoms with van der Waals surface area (Å²) in [6.07, 6.45) is 1.74. The minimum atomic E-state index is -0.130. The molecule has 0 aromatic heterocycles. The molecular formula is C27H26O4. The quantitative estimate of drug-likeness (QED) is 0.419. The maximum atomic E-state index is 12.7. The van der Waals surface area contributed by atoms with E-state index in [1.807, 2.05) is 31.2 Å². The molecule has 0 radical (unpaired) electrons. The maximum Gasteiger partial charge on any atom is 0.231 e. The van der Waals surface area contributed by atoms with Crippen LogP contribution in [0.3, 0.4) is 0 Å². The van der Waals surface area contributed by atoms with Crippen molar-refractivity contribution in [3.8, 4) is 17.2 Å². The van der Waals surface area contributed by atoms with Crippen LogP contribution in [0.5, 0.6) is 17.2 Å². The van der Waals surface area contributed by atoms with Gasteiger partial charge in [-0.15, -0.1) is 0 Å². The summed E-state index contributed by atoms with van der Waals surface area (Å²) in [7, 11) is 0. The number of Topliss-reactive ketones (excluding diaryl/α,β-unsaturated/α-hetero) is 1. The first-order valence-electron chi connectivity index (χ1n) is 10.6. The van der Waals surface area contributed by atoms with Crippen LogP contribution in [0.1, 0.15) is 53.7 Å². The Morgan fingerprint density at radius 2 is 1.71 bits per heavy atom. The average molecular weight is 415 g/mol. The fraction of sp³-hybridized carbons (Fsp3) is 0.222. The first kappa shape index (κ1) is 20.7. The van der Waals surface area contributed by atoms with Gasteiger partial charge in [-0.05, 0) is 59.9 Å². The van der Waals surface area contributed by atoms with Crippen LogP contribution in [0, 0.1) is 0 Å². The van der Waals surface area contributed by atoms with E-state index in [0.29, 0.717) is 42.0 Å². The lowest BCUT2D eigenvalue weighted by Gasteiger charge is -2.09. The van der Waals surface area contributed by atoms with Gasteiger partial charge in [0.1, 0.15) is 23.9 Å². The van der Waals surface area contributed by atoms with Gasteiger partial charge in [-0.1, -0.05) is 50.2 Å². The van der Waals surface area contributed by atoms with Gasteiger partial charge in [-0.2, -0.15) is 0 Å². The van der Waals surface area contributed by atoms with Crippen molar-refractivity contribution in [2.24, 2.45) is 0 Å². The number of rotatable bonds is 7. The van der Waals surface area contributed by atoms with Crippen LogP contribution in [0.2, 0.25) is 0 Å². The number of carbonyl (C=O) groups is 1. The summed E-state index contributed by atoms with van der Waals surface area (Å²) >= 11 is 0. The van der Waals surface area contributed by atoms with Gasteiger partial charge in [-0.25, -0.2) is 0 Å². The summed E-state index contributed by atoms with van der Waals surface area (Å²) in [4.78, 5) is 12.7. The maximum absolute atomic E-state index is 12.7. The minimum absolute atomic E-state index is 0.130. The molecule has 0 spiro atoms. The highest BCUT2D eigenvalue weighted by atomic mass is 16.5. The molecule has 31 heavy (non-hydrogen) atoms. The summed E-state index contributed by atoms with van der Waals surface area (Å²) in [5.41, 5.74) is 3.82. The standard InChI is InChI=1S/C27H26O4/c1-4-29-23-12-13-24-25(16-23)31-26(27(24)28)15-20-6-5-7-22(14-20)30-17-19-8-10-21(11-9-19)18(2)3/h5-16,18H,4,17H2,1-3H3. The Balaban J connectivity index is 1.45. The Kier molecular flexibility index (Phi) is 6.08. The molecule has 0 saturated heterocycles. The van der Waals surface area contributed by atoms with Gasteiger partial charge in [-0.3, -0.25) is 4.79 Å². The van der Waals surface area contributed by atoms with Gasteiger partial charge in [0.2, 0.25) is 5.78 Å². The average Bonchev–Trinajstić information content (AvgIpc) is 3.07. The first-order chi connectivity index (χ1) is 15.0. The number of allylic oxidation sites excluding steroid dienone is 1. The van der Waals surface area contributed by atoms with Crippen molar-refractivity contribution in [3.63, 3.8) is 0 Å². The zero-order chi connectivity index (χ0) is 21.8. The van der Waals surface area contributed by atoms with Crippen molar-refractivity contribution in [2.75, 3.05) is 6.61 Å². The van der Waals surface area contributed by atoms with Crippen LogP contribution in [0.15, 0.2) is 72.5 Å². The van der Waals surface area contributed by atoms with E-state index < -0.39 is 0 Å². The van der Waals surface area contributed by atoms with Crippen LogP contribution in [0.25, 0.3) is 6.08 Å². The number of hydrogen-bond acceptors (Lipinski definition) is 4. The summed E-state index contributed by atoms with van der Waals surface area (Å²) in [5.74, 6) is 2.63. The van der Waals surface area contributed by atoms with Crippen molar-refractivity contribution >= 4 is 11.9 Å². The number of ether oxygens (including phenoxy) is 3. The van der Waals surface area contributed by atoms with Gasteiger partial charge < -0.3 is 14.2 Å². The van der Waals surface area contributed by atoms with E-state index in [4.69, 9.17) is 14.2 Å². The van der Waals surface area contributed by atoms with Crippen molar-refractivity contribution in [1.82, 2.24) is 0 Å². The Hall–Kier alpha value is -3.53.